The SMILES string of the molecule is CCOc1cc(/C=C(/C#N)C(=O)Nc2c(C)cccc2C)cc(I)c1OCc1ccccc1. The molecule has 3 aromatic carbocycles. The third-order valence-electron chi connectivity index (χ3n) is 4.95. The monoisotopic (exact) mass is 552 g/mol. The number of nitrogens with one attached hydrogen (secondary N) is 1. The molecular formula is C27H25IN2O3. The van der Waals surface area contributed by atoms with Gasteiger partial charge < -0.3 is 14.8 Å². The molecule has 0 aliphatic carbocycles. The van der Waals surface area contributed by atoms with Crippen LogP contribution in [-0.4, -0.2) is 12.5 Å². The van der Waals surface area contributed by atoms with Gasteiger partial charge in [0.1, 0.15) is 18.2 Å². The number of rotatable bonds is 8. The smallest absolute Gasteiger partial charge is 0.266 e. The second-order valence-corrected chi connectivity index (χ2v) is 8.59. The number of hydrogen-bond acceptors (Lipinski definition) is 4. The molecule has 168 valence electrons. The zero-order valence-electron chi connectivity index (χ0n) is 18.8. The highest BCUT2D eigenvalue weighted by atomic mass is 127. The molecule has 0 heterocycles. The number of halogens is 1. The Balaban J connectivity index is 1.87. The largest absolute Gasteiger partial charge is 0.490 e. The number of aryl methyl sites for hydroxylation is 2. The molecule has 0 atom stereocenters. The van der Waals surface area contributed by atoms with E-state index in [1.807, 2.05) is 81.4 Å². The lowest BCUT2D eigenvalue weighted by molar-refractivity contribution is -0.112. The second-order valence-electron chi connectivity index (χ2n) is 7.43. The third kappa shape index (κ3) is 6.36. The van der Waals surface area contributed by atoms with Gasteiger partial charge in [-0.1, -0.05) is 48.5 Å². The van der Waals surface area contributed by atoms with Crippen LogP contribution in [0.15, 0.2) is 66.2 Å². The molecule has 5 nitrogen and oxygen atoms in total. The molecule has 0 aliphatic heterocycles. The Morgan fingerprint density at radius 1 is 1.06 bits per heavy atom. The highest BCUT2D eigenvalue weighted by Gasteiger charge is 2.16. The van der Waals surface area contributed by atoms with Crippen molar-refractivity contribution >= 4 is 40.3 Å². The zero-order chi connectivity index (χ0) is 23.8. The van der Waals surface area contributed by atoms with Gasteiger partial charge in [-0.25, -0.2) is 0 Å². The van der Waals surface area contributed by atoms with Crippen LogP contribution in [-0.2, 0) is 11.4 Å². The Kier molecular flexibility index (Phi) is 8.50. The van der Waals surface area contributed by atoms with Gasteiger partial charge in [-0.15, -0.1) is 0 Å². The van der Waals surface area contributed by atoms with E-state index in [-0.39, 0.29) is 5.57 Å². The molecule has 6 heteroatoms. The van der Waals surface area contributed by atoms with Gasteiger partial charge in [-0.2, -0.15) is 5.26 Å². The van der Waals surface area contributed by atoms with Gasteiger partial charge in [-0.05, 0) is 83.8 Å². The van der Waals surface area contributed by atoms with Crippen molar-refractivity contribution in [3.8, 4) is 17.6 Å². The first kappa shape index (κ1) is 24.3. The van der Waals surface area contributed by atoms with E-state index in [1.165, 1.54) is 0 Å². The Morgan fingerprint density at radius 2 is 1.76 bits per heavy atom. The molecule has 0 saturated heterocycles. The molecule has 0 saturated carbocycles. The van der Waals surface area contributed by atoms with Gasteiger partial charge in [0.05, 0.1) is 10.2 Å². The second kappa shape index (κ2) is 11.5. The first-order chi connectivity index (χ1) is 15.9. The maximum Gasteiger partial charge on any atom is 0.266 e. The summed E-state index contributed by atoms with van der Waals surface area (Å²) in [6, 6.07) is 21.3. The lowest BCUT2D eigenvalue weighted by Crippen LogP contribution is -2.15. The van der Waals surface area contributed by atoms with Gasteiger partial charge in [0.2, 0.25) is 0 Å². The summed E-state index contributed by atoms with van der Waals surface area (Å²) in [6.45, 7) is 6.61. The summed E-state index contributed by atoms with van der Waals surface area (Å²) in [5.74, 6) is 0.753. The molecule has 3 rings (SSSR count). The lowest BCUT2D eigenvalue weighted by atomic mass is 10.1. The predicted molar refractivity (Wildman–Crippen MR) is 139 cm³/mol. The van der Waals surface area contributed by atoms with E-state index in [1.54, 1.807) is 12.1 Å². The lowest BCUT2D eigenvalue weighted by Gasteiger charge is -2.15. The van der Waals surface area contributed by atoms with Crippen molar-refractivity contribution in [2.45, 2.75) is 27.4 Å². The minimum Gasteiger partial charge on any atom is -0.490 e. The van der Waals surface area contributed by atoms with Crippen LogP contribution >= 0.6 is 22.6 Å². The van der Waals surface area contributed by atoms with E-state index in [2.05, 4.69) is 27.9 Å². The van der Waals surface area contributed by atoms with Crippen LogP contribution in [0.1, 0.15) is 29.2 Å². The van der Waals surface area contributed by atoms with E-state index in [4.69, 9.17) is 9.47 Å². The summed E-state index contributed by atoms with van der Waals surface area (Å²) >= 11 is 2.18. The fourth-order valence-electron chi connectivity index (χ4n) is 3.31. The van der Waals surface area contributed by atoms with Crippen molar-refractivity contribution in [3.63, 3.8) is 0 Å². The van der Waals surface area contributed by atoms with Crippen molar-refractivity contribution < 1.29 is 14.3 Å². The van der Waals surface area contributed by atoms with E-state index in [9.17, 15) is 10.1 Å². The highest BCUT2D eigenvalue weighted by molar-refractivity contribution is 14.1. The van der Waals surface area contributed by atoms with Gasteiger partial charge in [0.25, 0.3) is 5.91 Å². The highest BCUT2D eigenvalue weighted by Crippen LogP contribution is 2.35. The molecule has 0 spiro atoms. The number of benzene rings is 3. The van der Waals surface area contributed by atoms with Gasteiger partial charge in [0, 0.05) is 5.69 Å². The Hall–Kier alpha value is -3.31. The summed E-state index contributed by atoms with van der Waals surface area (Å²) in [7, 11) is 0. The zero-order valence-corrected chi connectivity index (χ0v) is 21.0. The van der Waals surface area contributed by atoms with Crippen LogP contribution in [0.25, 0.3) is 6.08 Å². The molecule has 0 bridgehead atoms. The molecule has 3 aromatic rings. The van der Waals surface area contributed by atoms with Crippen LogP contribution in [0.3, 0.4) is 0 Å². The van der Waals surface area contributed by atoms with Crippen LogP contribution < -0.4 is 14.8 Å². The van der Waals surface area contributed by atoms with Crippen molar-refractivity contribution in [3.05, 3.63) is 92.1 Å². The summed E-state index contributed by atoms with van der Waals surface area (Å²) in [5.41, 5.74) is 4.34. The standard InChI is InChI=1S/C27H25IN2O3/c1-4-32-24-15-21(14-23(28)26(24)33-17-20-11-6-5-7-12-20)13-22(16-29)27(31)30-25-18(2)9-8-10-19(25)3/h5-15H,4,17H2,1-3H3,(H,30,31)/b22-13-. The van der Waals surface area contributed by atoms with Crippen LogP contribution in [0, 0.1) is 28.7 Å². The normalized spacial score (nSPS) is 10.9. The first-order valence-electron chi connectivity index (χ1n) is 10.5. The predicted octanol–water partition coefficient (Wildman–Crippen LogP) is 6.43. The molecule has 0 unspecified atom stereocenters. The molecule has 1 amide bonds. The van der Waals surface area contributed by atoms with Gasteiger partial charge in [-0.3, -0.25) is 4.79 Å². The number of carbonyl (C=O) groups excluding carboxylic acids is 1. The number of hydrogen-bond donors (Lipinski definition) is 1. The molecule has 0 fully saturated rings. The summed E-state index contributed by atoms with van der Waals surface area (Å²) < 4.78 is 12.7. The topological polar surface area (TPSA) is 71.3 Å². The maximum atomic E-state index is 12.8. The fourth-order valence-corrected chi connectivity index (χ4v) is 4.09. The molecule has 0 aromatic heterocycles. The number of nitriles is 1. The third-order valence-corrected chi connectivity index (χ3v) is 5.75. The van der Waals surface area contributed by atoms with Crippen molar-refractivity contribution in [1.29, 1.82) is 5.26 Å². The molecule has 0 radical (unpaired) electrons. The molecule has 0 aliphatic rings. The molecular weight excluding hydrogens is 527 g/mol. The first-order valence-corrected chi connectivity index (χ1v) is 11.6. The molecule has 33 heavy (non-hydrogen) atoms. The quantitative estimate of drug-likeness (QED) is 0.199. The van der Waals surface area contributed by atoms with Gasteiger partial charge >= 0.3 is 0 Å². The molecule has 1 N–H and O–H groups in total. The number of carbonyl (C=O) groups is 1. The summed E-state index contributed by atoms with van der Waals surface area (Å²) in [4.78, 5) is 12.8. The van der Waals surface area contributed by atoms with E-state index >= 15 is 0 Å². The minimum atomic E-state index is -0.452. The number of para-hydroxylation sites is 1. The van der Waals surface area contributed by atoms with Crippen molar-refractivity contribution in [2.24, 2.45) is 0 Å². The number of nitrogens with zero attached hydrogens (tertiary/aromatic N) is 1. The average molecular weight is 552 g/mol. The van der Waals surface area contributed by atoms with Crippen molar-refractivity contribution in [1.82, 2.24) is 0 Å². The van der Waals surface area contributed by atoms with Crippen LogP contribution in [0.4, 0.5) is 5.69 Å². The van der Waals surface area contributed by atoms with E-state index < -0.39 is 5.91 Å². The van der Waals surface area contributed by atoms with E-state index in [0.29, 0.717) is 30.3 Å². The van der Waals surface area contributed by atoms with Crippen molar-refractivity contribution in [2.75, 3.05) is 11.9 Å². The number of ether oxygens (including phenoxy) is 2. The number of anilines is 1. The summed E-state index contributed by atoms with van der Waals surface area (Å²) in [5, 5.41) is 12.5. The Labute approximate surface area is 208 Å². The summed E-state index contributed by atoms with van der Waals surface area (Å²) in [6.07, 6.45) is 1.56. The number of amides is 1. The minimum absolute atomic E-state index is 0.00820. The van der Waals surface area contributed by atoms with Crippen LogP contribution in [0.2, 0.25) is 0 Å². The maximum absolute atomic E-state index is 12.8. The van der Waals surface area contributed by atoms with Crippen LogP contribution in [0.5, 0.6) is 11.5 Å². The Morgan fingerprint density at radius 3 is 2.39 bits per heavy atom. The average Bonchev–Trinajstić information content (AvgIpc) is 2.80. The van der Waals surface area contributed by atoms with E-state index in [0.717, 1.165) is 25.9 Å². The Bertz CT molecular complexity index is 1190. The van der Waals surface area contributed by atoms with Gasteiger partial charge in [0.15, 0.2) is 11.5 Å². The fraction of sp³-hybridized carbons (Fsp3) is 0.185.